The lowest BCUT2D eigenvalue weighted by atomic mass is 9.98. The van der Waals surface area contributed by atoms with Gasteiger partial charge in [-0.05, 0) is 29.7 Å². The topological polar surface area (TPSA) is 78.9 Å². The van der Waals surface area contributed by atoms with Gasteiger partial charge in [0.2, 0.25) is 6.79 Å². The Balaban J connectivity index is 1.89. The summed E-state index contributed by atoms with van der Waals surface area (Å²) in [6.45, 7) is 3.80. The second-order valence-corrected chi connectivity index (χ2v) is 7.49. The molecule has 0 aliphatic carbocycles. The van der Waals surface area contributed by atoms with Crippen molar-refractivity contribution < 1.29 is 24.2 Å². The van der Waals surface area contributed by atoms with Gasteiger partial charge in [0.1, 0.15) is 4.32 Å². The molecule has 0 bridgehead atoms. The van der Waals surface area contributed by atoms with Crippen LogP contribution < -0.4 is 14.6 Å². The van der Waals surface area contributed by atoms with Crippen LogP contribution in [0.3, 0.4) is 0 Å². The Morgan fingerprint density at radius 3 is 2.84 bits per heavy atom. The lowest BCUT2D eigenvalue weighted by Gasteiger charge is -2.32. The normalized spacial score (nSPS) is 20.2. The van der Waals surface area contributed by atoms with Crippen LogP contribution in [-0.4, -0.2) is 33.9 Å². The third-order valence-electron chi connectivity index (χ3n) is 4.22. The lowest BCUT2D eigenvalue weighted by molar-refractivity contribution is -0.311. The number of carbonyl (C=O) groups is 2. The standard InChI is InChI=1S/C17H17NO5S2/c1-3-9(2)14(16(20)21)18-15(19)13(25-17(18)24)7-10-4-5-11-12(6-10)23-8-22-11/h4-7,9,14H,3,8H2,1-2H3,(H,20,21)/p-1/b13-7-/t9-,14+/m0/s1. The van der Waals surface area contributed by atoms with E-state index >= 15 is 0 Å². The molecular weight excluding hydrogens is 362 g/mol. The van der Waals surface area contributed by atoms with Crippen LogP contribution in [0.25, 0.3) is 6.08 Å². The van der Waals surface area contributed by atoms with E-state index in [0.717, 1.165) is 22.2 Å². The molecule has 132 valence electrons. The smallest absolute Gasteiger partial charge is 0.266 e. The van der Waals surface area contributed by atoms with Crippen LogP contribution in [-0.2, 0) is 9.59 Å². The molecule has 1 aromatic rings. The van der Waals surface area contributed by atoms with Gasteiger partial charge in [-0.25, -0.2) is 0 Å². The van der Waals surface area contributed by atoms with E-state index in [1.54, 1.807) is 31.2 Å². The number of amides is 1. The average molecular weight is 378 g/mol. The summed E-state index contributed by atoms with van der Waals surface area (Å²) in [4.78, 5) is 25.8. The van der Waals surface area contributed by atoms with Crippen LogP contribution in [0.2, 0.25) is 0 Å². The second-order valence-electron chi connectivity index (χ2n) is 5.81. The summed E-state index contributed by atoms with van der Waals surface area (Å²) in [6.07, 6.45) is 2.27. The third-order valence-corrected chi connectivity index (χ3v) is 5.55. The Morgan fingerprint density at radius 2 is 2.16 bits per heavy atom. The quantitative estimate of drug-likeness (QED) is 0.571. The van der Waals surface area contributed by atoms with Crippen molar-refractivity contribution in [3.63, 3.8) is 0 Å². The van der Waals surface area contributed by atoms with Crippen LogP contribution in [0, 0.1) is 5.92 Å². The zero-order valence-corrected chi connectivity index (χ0v) is 15.3. The first-order chi connectivity index (χ1) is 11.9. The van der Waals surface area contributed by atoms with Gasteiger partial charge < -0.3 is 19.4 Å². The van der Waals surface area contributed by atoms with Gasteiger partial charge in [-0.2, -0.15) is 0 Å². The van der Waals surface area contributed by atoms with Crippen LogP contribution >= 0.6 is 24.0 Å². The molecule has 2 aliphatic rings. The minimum Gasteiger partial charge on any atom is -0.548 e. The van der Waals surface area contributed by atoms with E-state index in [9.17, 15) is 14.7 Å². The number of fused-ring (bicyclic) bond motifs is 1. The van der Waals surface area contributed by atoms with Gasteiger partial charge in [-0.1, -0.05) is 50.3 Å². The van der Waals surface area contributed by atoms with E-state index in [4.69, 9.17) is 21.7 Å². The second kappa shape index (κ2) is 7.05. The van der Waals surface area contributed by atoms with Crippen molar-refractivity contribution in [3.05, 3.63) is 28.7 Å². The van der Waals surface area contributed by atoms with Crippen LogP contribution in [0.1, 0.15) is 25.8 Å². The van der Waals surface area contributed by atoms with E-state index < -0.39 is 17.9 Å². The highest BCUT2D eigenvalue weighted by molar-refractivity contribution is 8.26. The van der Waals surface area contributed by atoms with Crippen molar-refractivity contribution in [1.82, 2.24) is 4.90 Å². The zero-order valence-electron chi connectivity index (χ0n) is 13.7. The molecule has 2 heterocycles. The molecule has 2 atom stereocenters. The highest BCUT2D eigenvalue weighted by Crippen LogP contribution is 2.38. The Bertz CT molecular complexity index is 776. The Kier molecular flexibility index (Phi) is 5.01. The number of carbonyl (C=O) groups excluding carboxylic acids is 2. The first kappa shape index (κ1) is 17.8. The molecule has 25 heavy (non-hydrogen) atoms. The van der Waals surface area contributed by atoms with Crippen molar-refractivity contribution in [2.24, 2.45) is 5.92 Å². The molecule has 1 saturated heterocycles. The van der Waals surface area contributed by atoms with Crippen molar-refractivity contribution in [1.29, 1.82) is 0 Å². The molecule has 1 aromatic carbocycles. The molecule has 1 fully saturated rings. The Hall–Kier alpha value is -2.06. The number of thioether (sulfide) groups is 1. The summed E-state index contributed by atoms with van der Waals surface area (Å²) in [7, 11) is 0. The predicted octanol–water partition coefficient (Wildman–Crippen LogP) is 1.78. The predicted molar refractivity (Wildman–Crippen MR) is 95.8 cm³/mol. The molecule has 0 unspecified atom stereocenters. The van der Waals surface area contributed by atoms with E-state index in [-0.39, 0.29) is 17.0 Å². The Morgan fingerprint density at radius 1 is 1.44 bits per heavy atom. The minimum atomic E-state index is -1.30. The first-order valence-corrected chi connectivity index (χ1v) is 9.02. The molecule has 2 aliphatic heterocycles. The van der Waals surface area contributed by atoms with Crippen molar-refractivity contribution in [2.75, 3.05) is 6.79 Å². The minimum absolute atomic E-state index is 0.170. The molecular formula is C17H16NO5S2-. The molecule has 0 radical (unpaired) electrons. The van der Waals surface area contributed by atoms with Crippen LogP contribution in [0.15, 0.2) is 23.1 Å². The zero-order chi connectivity index (χ0) is 18.1. The van der Waals surface area contributed by atoms with E-state index in [1.807, 2.05) is 6.92 Å². The number of ether oxygens (including phenoxy) is 2. The number of hydrogen-bond donors (Lipinski definition) is 0. The molecule has 3 rings (SSSR count). The number of carboxylic acids is 1. The number of aliphatic carboxylic acids is 1. The molecule has 0 spiro atoms. The highest BCUT2D eigenvalue weighted by atomic mass is 32.2. The van der Waals surface area contributed by atoms with Crippen molar-refractivity contribution >= 4 is 46.3 Å². The van der Waals surface area contributed by atoms with Gasteiger partial charge in [0, 0.05) is 0 Å². The van der Waals surface area contributed by atoms with Crippen molar-refractivity contribution in [2.45, 2.75) is 26.3 Å². The van der Waals surface area contributed by atoms with E-state index in [2.05, 4.69) is 0 Å². The molecule has 0 aromatic heterocycles. The summed E-state index contributed by atoms with van der Waals surface area (Å²) in [5, 5.41) is 11.5. The maximum Gasteiger partial charge on any atom is 0.266 e. The van der Waals surface area contributed by atoms with E-state index in [0.29, 0.717) is 22.8 Å². The van der Waals surface area contributed by atoms with Gasteiger partial charge in [0.15, 0.2) is 11.5 Å². The number of carboxylic acid groups (broad SMARTS) is 1. The average Bonchev–Trinajstić information content (AvgIpc) is 3.14. The van der Waals surface area contributed by atoms with Gasteiger partial charge in [-0.15, -0.1) is 0 Å². The summed E-state index contributed by atoms with van der Waals surface area (Å²) < 4.78 is 10.8. The highest BCUT2D eigenvalue weighted by Gasteiger charge is 2.39. The molecule has 0 N–H and O–H groups in total. The largest absolute Gasteiger partial charge is 0.548 e. The maximum absolute atomic E-state index is 12.7. The van der Waals surface area contributed by atoms with Crippen LogP contribution in [0.5, 0.6) is 11.5 Å². The molecule has 0 saturated carbocycles. The third kappa shape index (κ3) is 3.36. The summed E-state index contributed by atoms with van der Waals surface area (Å²) in [5.74, 6) is -0.718. The number of hydrogen-bond acceptors (Lipinski definition) is 7. The molecule has 6 nitrogen and oxygen atoms in total. The van der Waals surface area contributed by atoms with Crippen LogP contribution in [0.4, 0.5) is 0 Å². The first-order valence-electron chi connectivity index (χ1n) is 7.80. The summed E-state index contributed by atoms with van der Waals surface area (Å²) >= 11 is 6.33. The summed E-state index contributed by atoms with van der Waals surface area (Å²) in [5.41, 5.74) is 0.748. The fraction of sp³-hybridized carbons (Fsp3) is 0.353. The summed E-state index contributed by atoms with van der Waals surface area (Å²) in [6, 6.07) is 4.25. The lowest BCUT2D eigenvalue weighted by Crippen LogP contribution is -2.53. The van der Waals surface area contributed by atoms with E-state index in [1.165, 1.54) is 0 Å². The maximum atomic E-state index is 12.7. The fourth-order valence-electron chi connectivity index (χ4n) is 2.69. The van der Waals surface area contributed by atoms with Gasteiger partial charge in [0.25, 0.3) is 5.91 Å². The van der Waals surface area contributed by atoms with Gasteiger partial charge in [-0.3, -0.25) is 9.69 Å². The Labute approximate surface area is 154 Å². The number of nitrogens with zero attached hydrogens (tertiary/aromatic N) is 1. The monoisotopic (exact) mass is 378 g/mol. The number of rotatable bonds is 5. The van der Waals surface area contributed by atoms with Gasteiger partial charge >= 0.3 is 0 Å². The SMILES string of the molecule is CC[C@H](C)[C@H](C(=O)[O-])N1C(=O)/C(=C/c2ccc3c(c2)OCO3)SC1=S. The van der Waals surface area contributed by atoms with Gasteiger partial charge in [0.05, 0.1) is 16.9 Å². The fourth-order valence-corrected chi connectivity index (χ4v) is 4.02. The molecule has 8 heteroatoms. The molecule has 1 amide bonds. The number of benzene rings is 1. The van der Waals surface area contributed by atoms with Crippen molar-refractivity contribution in [3.8, 4) is 11.5 Å². The number of thiocarbonyl (C=S) groups is 1.